The Morgan fingerprint density at radius 3 is 2.30 bits per heavy atom. The van der Waals surface area contributed by atoms with Gasteiger partial charge in [-0.25, -0.2) is 13.6 Å². The van der Waals surface area contributed by atoms with Gasteiger partial charge in [-0.2, -0.15) is 0 Å². The van der Waals surface area contributed by atoms with Gasteiger partial charge in [-0.05, 0) is 24.6 Å². The molecule has 9 nitrogen and oxygen atoms in total. The van der Waals surface area contributed by atoms with Gasteiger partial charge in [0.2, 0.25) is 5.43 Å². The molecule has 3 N–H and O–H groups in total. The van der Waals surface area contributed by atoms with E-state index in [4.69, 9.17) is 4.74 Å². The molecule has 162 valence electrons. The maximum atomic E-state index is 14.0. The van der Waals surface area contributed by atoms with Crippen LogP contribution in [0, 0.1) is 18.6 Å². The molecule has 0 atom stereocenters. The Morgan fingerprint density at radius 2 is 1.80 bits per heavy atom. The predicted octanol–water partition coefficient (Wildman–Crippen LogP) is 0.471. The zero-order valence-corrected chi connectivity index (χ0v) is 16.4. The Hall–Kier alpha value is -3.31. The molecule has 1 amide bonds. The van der Waals surface area contributed by atoms with Crippen LogP contribution in [0.4, 0.5) is 8.78 Å². The molecular weight excluding hydrogens is 406 g/mol. The third-order valence-electron chi connectivity index (χ3n) is 4.14. The molecule has 0 unspecified atom stereocenters. The number of esters is 1. The van der Waals surface area contributed by atoms with Crippen molar-refractivity contribution in [2.24, 2.45) is 0 Å². The molecule has 0 fully saturated rings. The highest BCUT2D eigenvalue weighted by atomic mass is 19.1. The van der Waals surface area contributed by atoms with Gasteiger partial charge in [0.05, 0.1) is 20.8 Å². The van der Waals surface area contributed by atoms with E-state index in [1.165, 1.54) is 6.92 Å². The van der Waals surface area contributed by atoms with E-state index in [0.29, 0.717) is 5.56 Å². The lowest BCUT2D eigenvalue weighted by Gasteiger charge is -2.17. The molecule has 2 aromatic rings. The quantitative estimate of drug-likeness (QED) is 0.434. The molecule has 11 heteroatoms. The molecule has 0 saturated heterocycles. The number of methoxy groups -OCH3 is 2. The number of amides is 1. The number of aliphatic hydroxyl groups is 2. The standard InChI is InChI=1S/C19H20F2N2O7/c1-9-4-12(20)10(13(21)5-9)6-22-18(27)11-7-23(8-14(24)25)15(19(28)30-3)17(29-2)16(11)26/h4-5,7,14,24-25H,6,8H2,1-3H3,(H,22,27). The first-order valence-corrected chi connectivity index (χ1v) is 8.59. The fraction of sp³-hybridized carbons (Fsp3) is 0.316. The van der Waals surface area contributed by atoms with Gasteiger partial charge in [0.1, 0.15) is 17.2 Å². The highest BCUT2D eigenvalue weighted by molar-refractivity contribution is 5.96. The lowest BCUT2D eigenvalue weighted by atomic mass is 10.1. The van der Waals surface area contributed by atoms with Gasteiger partial charge in [-0.3, -0.25) is 9.59 Å². The van der Waals surface area contributed by atoms with Crippen molar-refractivity contribution in [1.29, 1.82) is 0 Å². The van der Waals surface area contributed by atoms with Crippen LogP contribution in [-0.2, 0) is 17.8 Å². The van der Waals surface area contributed by atoms with Gasteiger partial charge in [-0.15, -0.1) is 0 Å². The number of nitrogens with zero attached hydrogens (tertiary/aromatic N) is 1. The summed E-state index contributed by atoms with van der Waals surface area (Å²) in [6, 6.07) is 2.18. The number of aromatic nitrogens is 1. The largest absolute Gasteiger partial charge is 0.491 e. The third kappa shape index (κ3) is 4.81. The molecule has 2 rings (SSSR count). The summed E-state index contributed by atoms with van der Waals surface area (Å²) in [6.07, 6.45) is -1.04. The number of carbonyl (C=O) groups excluding carboxylic acids is 2. The third-order valence-corrected chi connectivity index (χ3v) is 4.14. The van der Waals surface area contributed by atoms with E-state index in [-0.39, 0.29) is 0 Å². The second-order valence-electron chi connectivity index (χ2n) is 6.27. The summed E-state index contributed by atoms with van der Waals surface area (Å²) in [4.78, 5) is 37.2. The second-order valence-corrected chi connectivity index (χ2v) is 6.27. The van der Waals surface area contributed by atoms with Crippen molar-refractivity contribution >= 4 is 11.9 Å². The summed E-state index contributed by atoms with van der Waals surface area (Å²) in [5.41, 5.74) is -2.03. The number of nitrogens with one attached hydrogen (secondary N) is 1. The normalized spacial score (nSPS) is 10.8. The predicted molar refractivity (Wildman–Crippen MR) is 99.1 cm³/mol. The minimum atomic E-state index is -1.94. The van der Waals surface area contributed by atoms with Crippen LogP contribution in [0.25, 0.3) is 0 Å². The van der Waals surface area contributed by atoms with Gasteiger partial charge >= 0.3 is 5.97 Å². The number of pyridine rings is 1. The molecule has 0 aliphatic carbocycles. The summed E-state index contributed by atoms with van der Waals surface area (Å²) >= 11 is 0. The number of hydrogen-bond donors (Lipinski definition) is 3. The number of halogens is 2. The minimum absolute atomic E-state index is 0.355. The SMILES string of the molecule is COC(=O)c1c(OC)c(=O)c(C(=O)NCc2c(F)cc(C)cc2F)cn1CC(O)O. The van der Waals surface area contributed by atoms with Crippen molar-refractivity contribution in [3.05, 3.63) is 62.6 Å². The van der Waals surface area contributed by atoms with E-state index in [9.17, 15) is 33.4 Å². The highest BCUT2D eigenvalue weighted by Gasteiger charge is 2.26. The summed E-state index contributed by atoms with van der Waals surface area (Å²) < 4.78 is 38.3. The van der Waals surface area contributed by atoms with E-state index in [0.717, 1.165) is 37.1 Å². The van der Waals surface area contributed by atoms with Crippen LogP contribution in [-0.4, -0.2) is 47.2 Å². The van der Waals surface area contributed by atoms with Crippen LogP contribution in [0.15, 0.2) is 23.1 Å². The van der Waals surface area contributed by atoms with E-state index in [1.807, 2.05) is 0 Å². The fourth-order valence-electron chi connectivity index (χ4n) is 2.78. The maximum absolute atomic E-state index is 14.0. The zero-order valence-electron chi connectivity index (χ0n) is 16.4. The van der Waals surface area contributed by atoms with Gasteiger partial charge in [0.15, 0.2) is 17.7 Å². The van der Waals surface area contributed by atoms with Gasteiger partial charge in [-0.1, -0.05) is 0 Å². The van der Waals surface area contributed by atoms with Crippen LogP contribution in [0.3, 0.4) is 0 Å². The number of carbonyl (C=O) groups is 2. The van der Waals surface area contributed by atoms with E-state index in [2.05, 4.69) is 10.1 Å². The van der Waals surface area contributed by atoms with Crippen molar-refractivity contribution in [2.75, 3.05) is 14.2 Å². The van der Waals surface area contributed by atoms with Crippen LogP contribution in [0.2, 0.25) is 0 Å². The summed E-state index contributed by atoms with van der Waals surface area (Å²) in [5.74, 6) is -4.34. The summed E-state index contributed by atoms with van der Waals surface area (Å²) in [6.45, 7) is 0.351. The Kier molecular flexibility index (Phi) is 7.24. The Bertz CT molecular complexity index is 1010. The number of aliphatic hydroxyl groups excluding tert-OH is 1. The first kappa shape index (κ1) is 23.0. The maximum Gasteiger partial charge on any atom is 0.358 e. The minimum Gasteiger partial charge on any atom is -0.491 e. The number of aryl methyl sites for hydroxylation is 1. The lowest BCUT2D eigenvalue weighted by Crippen LogP contribution is -2.33. The summed E-state index contributed by atoms with van der Waals surface area (Å²) in [7, 11) is 2.11. The van der Waals surface area contributed by atoms with Crippen molar-refractivity contribution in [2.45, 2.75) is 26.3 Å². The van der Waals surface area contributed by atoms with Gasteiger partial charge in [0.25, 0.3) is 5.91 Å². The molecule has 0 bridgehead atoms. The zero-order chi connectivity index (χ0) is 22.6. The van der Waals surface area contributed by atoms with Crippen LogP contribution < -0.4 is 15.5 Å². The molecule has 0 spiro atoms. The Labute approximate surface area is 169 Å². The lowest BCUT2D eigenvalue weighted by molar-refractivity contribution is -0.0519. The molecule has 1 aromatic heterocycles. The average Bonchev–Trinajstić information content (AvgIpc) is 2.66. The molecule has 0 radical (unpaired) electrons. The Balaban J connectivity index is 2.47. The van der Waals surface area contributed by atoms with Crippen LogP contribution >= 0.6 is 0 Å². The van der Waals surface area contributed by atoms with Crippen LogP contribution in [0.1, 0.15) is 32.0 Å². The number of rotatable bonds is 7. The van der Waals surface area contributed by atoms with E-state index >= 15 is 0 Å². The molecule has 1 heterocycles. The Morgan fingerprint density at radius 1 is 1.20 bits per heavy atom. The highest BCUT2D eigenvalue weighted by Crippen LogP contribution is 2.18. The molecule has 0 aliphatic heterocycles. The second kappa shape index (κ2) is 9.46. The van der Waals surface area contributed by atoms with Gasteiger partial charge in [0, 0.05) is 18.3 Å². The number of ether oxygens (including phenoxy) is 2. The van der Waals surface area contributed by atoms with Crippen molar-refractivity contribution in [1.82, 2.24) is 9.88 Å². The van der Waals surface area contributed by atoms with Crippen LogP contribution in [0.5, 0.6) is 5.75 Å². The summed E-state index contributed by atoms with van der Waals surface area (Å²) in [5, 5.41) is 20.7. The smallest absolute Gasteiger partial charge is 0.358 e. The molecule has 0 saturated carbocycles. The average molecular weight is 426 g/mol. The first-order chi connectivity index (χ1) is 14.1. The molecule has 1 aromatic carbocycles. The topological polar surface area (TPSA) is 127 Å². The van der Waals surface area contributed by atoms with E-state index in [1.54, 1.807) is 0 Å². The number of hydrogen-bond acceptors (Lipinski definition) is 7. The van der Waals surface area contributed by atoms with E-state index < -0.39 is 70.9 Å². The first-order valence-electron chi connectivity index (χ1n) is 8.59. The molecule has 30 heavy (non-hydrogen) atoms. The number of benzene rings is 1. The molecule has 0 aliphatic rings. The van der Waals surface area contributed by atoms with Crippen molar-refractivity contribution in [3.8, 4) is 5.75 Å². The molecular formula is C19H20F2N2O7. The monoisotopic (exact) mass is 426 g/mol. The van der Waals surface area contributed by atoms with Crippen molar-refractivity contribution < 1.29 is 38.1 Å². The fourth-order valence-corrected chi connectivity index (χ4v) is 2.78. The van der Waals surface area contributed by atoms with Crippen molar-refractivity contribution in [3.63, 3.8) is 0 Å². The van der Waals surface area contributed by atoms with Gasteiger partial charge < -0.3 is 29.6 Å².